The van der Waals surface area contributed by atoms with Gasteiger partial charge in [-0.25, -0.2) is 0 Å². The monoisotopic (exact) mass is 324 g/mol. The lowest BCUT2D eigenvalue weighted by atomic mass is 10.1. The van der Waals surface area contributed by atoms with Crippen LogP contribution in [0.3, 0.4) is 0 Å². The Morgan fingerprint density at radius 1 is 1.17 bits per heavy atom. The van der Waals surface area contributed by atoms with E-state index in [0.29, 0.717) is 12.2 Å². The first kappa shape index (κ1) is 16.1. The third kappa shape index (κ3) is 3.25. The second-order valence-corrected chi connectivity index (χ2v) is 5.91. The molecule has 0 aromatic heterocycles. The van der Waals surface area contributed by atoms with Gasteiger partial charge < -0.3 is 15.0 Å². The van der Waals surface area contributed by atoms with E-state index >= 15 is 0 Å². The molecule has 1 aliphatic rings. The summed E-state index contributed by atoms with van der Waals surface area (Å²) in [7, 11) is 1.60. The molecule has 0 bridgehead atoms. The van der Waals surface area contributed by atoms with E-state index < -0.39 is 0 Å². The Morgan fingerprint density at radius 3 is 2.54 bits per heavy atom. The molecular weight excluding hydrogens is 304 g/mol. The van der Waals surface area contributed by atoms with Crippen LogP contribution in [0.25, 0.3) is 0 Å². The van der Waals surface area contributed by atoms with Crippen LogP contribution in [0.1, 0.15) is 12.0 Å². The van der Waals surface area contributed by atoms with Crippen molar-refractivity contribution in [2.24, 2.45) is 5.92 Å². The maximum atomic E-state index is 12.5. The number of anilines is 2. The van der Waals surface area contributed by atoms with Crippen LogP contribution < -0.4 is 15.0 Å². The highest BCUT2D eigenvalue weighted by atomic mass is 16.5. The topological polar surface area (TPSA) is 58.6 Å². The molecule has 24 heavy (non-hydrogen) atoms. The second-order valence-electron chi connectivity index (χ2n) is 5.91. The summed E-state index contributed by atoms with van der Waals surface area (Å²) < 4.78 is 5.10. The quantitative estimate of drug-likeness (QED) is 0.940. The Kier molecular flexibility index (Phi) is 4.51. The zero-order valence-electron chi connectivity index (χ0n) is 13.8. The highest BCUT2D eigenvalue weighted by Gasteiger charge is 2.35. The summed E-state index contributed by atoms with van der Waals surface area (Å²) >= 11 is 0. The maximum absolute atomic E-state index is 12.5. The van der Waals surface area contributed by atoms with Gasteiger partial charge in [-0.3, -0.25) is 9.59 Å². The van der Waals surface area contributed by atoms with E-state index in [-0.39, 0.29) is 24.2 Å². The van der Waals surface area contributed by atoms with Crippen molar-refractivity contribution < 1.29 is 14.3 Å². The average Bonchev–Trinajstić information content (AvgIpc) is 2.98. The van der Waals surface area contributed by atoms with Crippen molar-refractivity contribution in [3.63, 3.8) is 0 Å². The number of carbonyl (C=O) groups is 2. The molecule has 2 amide bonds. The lowest BCUT2D eigenvalue weighted by Gasteiger charge is -2.19. The van der Waals surface area contributed by atoms with Gasteiger partial charge in [0, 0.05) is 24.3 Å². The van der Waals surface area contributed by atoms with E-state index in [4.69, 9.17) is 4.74 Å². The molecule has 0 unspecified atom stereocenters. The molecule has 0 aliphatic carbocycles. The van der Waals surface area contributed by atoms with Crippen molar-refractivity contribution in [1.82, 2.24) is 0 Å². The fourth-order valence-electron chi connectivity index (χ4n) is 2.90. The Bertz CT molecular complexity index is 755. The van der Waals surface area contributed by atoms with Crippen molar-refractivity contribution in [2.45, 2.75) is 13.3 Å². The van der Waals surface area contributed by atoms with Crippen molar-refractivity contribution in [3.05, 3.63) is 54.1 Å². The summed E-state index contributed by atoms with van der Waals surface area (Å²) in [4.78, 5) is 26.5. The number of benzene rings is 2. The van der Waals surface area contributed by atoms with Crippen LogP contribution >= 0.6 is 0 Å². The minimum absolute atomic E-state index is 0.0146. The molecule has 1 aliphatic heterocycles. The first-order chi connectivity index (χ1) is 11.6. The molecule has 1 N–H and O–H groups in total. The number of aryl methyl sites for hydroxylation is 1. The normalized spacial score (nSPS) is 17.0. The van der Waals surface area contributed by atoms with Gasteiger partial charge in [0.25, 0.3) is 0 Å². The molecule has 2 aromatic rings. The van der Waals surface area contributed by atoms with Gasteiger partial charge >= 0.3 is 0 Å². The largest absolute Gasteiger partial charge is 0.497 e. The van der Waals surface area contributed by atoms with Crippen molar-refractivity contribution >= 4 is 23.2 Å². The number of nitrogens with zero attached hydrogens (tertiary/aromatic N) is 1. The molecular formula is C19H20N2O3. The number of hydrogen-bond donors (Lipinski definition) is 1. The third-order valence-electron chi connectivity index (χ3n) is 4.26. The number of methoxy groups -OCH3 is 1. The molecule has 5 nitrogen and oxygen atoms in total. The molecule has 2 aromatic carbocycles. The van der Waals surface area contributed by atoms with E-state index in [1.807, 2.05) is 31.2 Å². The first-order valence-corrected chi connectivity index (χ1v) is 7.89. The Hall–Kier alpha value is -2.82. The molecule has 0 spiro atoms. The second kappa shape index (κ2) is 6.74. The zero-order chi connectivity index (χ0) is 17.1. The van der Waals surface area contributed by atoms with Gasteiger partial charge in [0.1, 0.15) is 5.75 Å². The van der Waals surface area contributed by atoms with Crippen LogP contribution in [0.5, 0.6) is 5.75 Å². The van der Waals surface area contributed by atoms with Crippen LogP contribution in [0.4, 0.5) is 11.4 Å². The van der Waals surface area contributed by atoms with Crippen LogP contribution in [0.2, 0.25) is 0 Å². The third-order valence-corrected chi connectivity index (χ3v) is 4.26. The van der Waals surface area contributed by atoms with Crippen molar-refractivity contribution in [1.29, 1.82) is 0 Å². The number of para-hydroxylation sites is 1. The van der Waals surface area contributed by atoms with Crippen LogP contribution in [-0.4, -0.2) is 25.5 Å². The molecule has 1 atom stereocenters. The predicted molar refractivity (Wildman–Crippen MR) is 93.3 cm³/mol. The van der Waals surface area contributed by atoms with Crippen LogP contribution in [-0.2, 0) is 9.59 Å². The lowest BCUT2D eigenvalue weighted by molar-refractivity contribution is -0.122. The summed E-state index contributed by atoms with van der Waals surface area (Å²) in [5, 5.41) is 2.87. The van der Waals surface area contributed by atoms with E-state index in [9.17, 15) is 9.59 Å². The standard InChI is InChI=1S/C19H20N2O3/c1-13-5-3-4-6-17(13)21-12-14(11-18(21)22)19(23)20-15-7-9-16(24-2)10-8-15/h3-10,14H,11-12H2,1-2H3,(H,20,23)/t14-/m0/s1. The number of hydrogen-bond acceptors (Lipinski definition) is 3. The maximum Gasteiger partial charge on any atom is 0.229 e. The molecule has 1 saturated heterocycles. The fourth-order valence-corrected chi connectivity index (χ4v) is 2.90. The molecule has 0 saturated carbocycles. The van der Waals surface area contributed by atoms with E-state index in [2.05, 4.69) is 5.32 Å². The first-order valence-electron chi connectivity index (χ1n) is 7.89. The summed E-state index contributed by atoms with van der Waals surface area (Å²) in [6.45, 7) is 2.37. The molecule has 124 valence electrons. The van der Waals surface area contributed by atoms with Crippen LogP contribution in [0, 0.1) is 12.8 Å². The van der Waals surface area contributed by atoms with Gasteiger partial charge in [-0.1, -0.05) is 18.2 Å². The number of ether oxygens (including phenoxy) is 1. The van der Waals surface area contributed by atoms with Crippen LogP contribution in [0.15, 0.2) is 48.5 Å². The fraction of sp³-hybridized carbons (Fsp3) is 0.263. The Balaban J connectivity index is 1.68. The lowest BCUT2D eigenvalue weighted by Crippen LogP contribution is -2.28. The molecule has 1 fully saturated rings. The van der Waals surface area contributed by atoms with Gasteiger partial charge in [-0.15, -0.1) is 0 Å². The summed E-state index contributed by atoms with van der Waals surface area (Å²) in [6.07, 6.45) is 0.232. The van der Waals surface area contributed by atoms with Gasteiger partial charge in [0.2, 0.25) is 11.8 Å². The molecule has 1 heterocycles. The number of carbonyl (C=O) groups excluding carboxylic acids is 2. The van der Waals surface area contributed by atoms with Crippen molar-refractivity contribution in [2.75, 3.05) is 23.9 Å². The minimum Gasteiger partial charge on any atom is -0.497 e. The number of rotatable bonds is 4. The minimum atomic E-state index is -0.348. The Morgan fingerprint density at radius 2 is 1.88 bits per heavy atom. The molecule has 0 radical (unpaired) electrons. The number of nitrogens with one attached hydrogen (secondary N) is 1. The highest BCUT2D eigenvalue weighted by molar-refractivity contribution is 6.03. The SMILES string of the molecule is COc1ccc(NC(=O)[C@H]2CC(=O)N(c3ccccc3C)C2)cc1. The summed E-state index contributed by atoms with van der Waals surface area (Å²) in [6, 6.07) is 14.9. The van der Waals surface area contributed by atoms with Crippen molar-refractivity contribution in [3.8, 4) is 5.75 Å². The number of amides is 2. The van der Waals surface area contributed by atoms with E-state index in [0.717, 1.165) is 17.0 Å². The van der Waals surface area contributed by atoms with Gasteiger partial charge in [0.05, 0.1) is 13.0 Å². The van der Waals surface area contributed by atoms with Gasteiger partial charge in [-0.2, -0.15) is 0 Å². The van der Waals surface area contributed by atoms with Gasteiger partial charge in [-0.05, 0) is 42.8 Å². The molecule has 3 rings (SSSR count). The summed E-state index contributed by atoms with van der Waals surface area (Å²) in [5.74, 6) is 0.234. The van der Waals surface area contributed by atoms with E-state index in [1.54, 1.807) is 36.3 Å². The molecule has 5 heteroatoms. The van der Waals surface area contributed by atoms with Gasteiger partial charge in [0.15, 0.2) is 0 Å². The smallest absolute Gasteiger partial charge is 0.229 e. The van der Waals surface area contributed by atoms with E-state index in [1.165, 1.54) is 0 Å². The average molecular weight is 324 g/mol. The predicted octanol–water partition coefficient (Wildman–Crippen LogP) is 3.00. The highest BCUT2D eigenvalue weighted by Crippen LogP contribution is 2.28. The Labute approximate surface area is 141 Å². The zero-order valence-corrected chi connectivity index (χ0v) is 13.8. The summed E-state index contributed by atoms with van der Waals surface area (Å²) in [5.41, 5.74) is 2.60.